The van der Waals surface area contributed by atoms with Crippen molar-refractivity contribution in [2.75, 3.05) is 5.32 Å². The number of benzene rings is 1. The molecule has 1 aromatic heterocycles. The first kappa shape index (κ1) is 14.8. The molecule has 0 aliphatic heterocycles. The standard InChI is InChI=1S/C14H12BrF3N2/c1-9(10-4-6-19-7-5-10)20-13-3-2-11(15)8-12(13)14(16,17)18/h2-9,20H,1H3. The van der Waals surface area contributed by atoms with Crippen LogP contribution in [0.3, 0.4) is 0 Å². The maximum absolute atomic E-state index is 13.0. The van der Waals surface area contributed by atoms with Crippen molar-refractivity contribution in [3.63, 3.8) is 0 Å². The lowest BCUT2D eigenvalue weighted by molar-refractivity contribution is -0.137. The van der Waals surface area contributed by atoms with E-state index in [0.717, 1.165) is 11.6 Å². The fourth-order valence-electron chi connectivity index (χ4n) is 1.85. The summed E-state index contributed by atoms with van der Waals surface area (Å²) in [6, 6.07) is 7.36. The van der Waals surface area contributed by atoms with E-state index in [9.17, 15) is 13.2 Å². The minimum Gasteiger partial charge on any atom is -0.378 e. The summed E-state index contributed by atoms with van der Waals surface area (Å²) in [7, 11) is 0. The SMILES string of the molecule is CC(Nc1ccc(Br)cc1C(F)(F)F)c1ccncc1. The van der Waals surface area contributed by atoms with Crippen LogP contribution in [-0.2, 0) is 6.18 Å². The molecule has 1 N–H and O–H groups in total. The van der Waals surface area contributed by atoms with Gasteiger partial charge in [0.05, 0.1) is 5.56 Å². The van der Waals surface area contributed by atoms with Gasteiger partial charge in [-0.05, 0) is 42.8 Å². The summed E-state index contributed by atoms with van der Waals surface area (Å²) >= 11 is 3.06. The van der Waals surface area contributed by atoms with Gasteiger partial charge in [-0.25, -0.2) is 0 Å². The molecule has 0 aliphatic carbocycles. The number of halogens is 4. The monoisotopic (exact) mass is 344 g/mol. The Kier molecular flexibility index (Phi) is 4.32. The van der Waals surface area contributed by atoms with E-state index < -0.39 is 11.7 Å². The van der Waals surface area contributed by atoms with Gasteiger partial charge in [0, 0.05) is 28.6 Å². The predicted molar refractivity (Wildman–Crippen MR) is 75.4 cm³/mol. The Bertz CT molecular complexity index is 585. The van der Waals surface area contributed by atoms with Gasteiger partial charge in [-0.3, -0.25) is 4.98 Å². The topological polar surface area (TPSA) is 24.9 Å². The molecule has 6 heteroatoms. The highest BCUT2D eigenvalue weighted by atomic mass is 79.9. The molecule has 0 fully saturated rings. The van der Waals surface area contributed by atoms with E-state index >= 15 is 0 Å². The second-order valence-corrected chi connectivity index (χ2v) is 5.25. The summed E-state index contributed by atoms with van der Waals surface area (Å²) in [4.78, 5) is 3.89. The molecule has 1 aromatic carbocycles. The van der Waals surface area contributed by atoms with Gasteiger partial charge in [0.1, 0.15) is 0 Å². The van der Waals surface area contributed by atoms with Crippen LogP contribution in [0.15, 0.2) is 47.2 Å². The molecular weight excluding hydrogens is 333 g/mol. The van der Waals surface area contributed by atoms with E-state index in [0.29, 0.717) is 4.47 Å². The van der Waals surface area contributed by atoms with Crippen molar-refractivity contribution in [2.24, 2.45) is 0 Å². The zero-order chi connectivity index (χ0) is 14.8. The normalized spacial score (nSPS) is 13.1. The van der Waals surface area contributed by atoms with Gasteiger partial charge in [0.15, 0.2) is 0 Å². The van der Waals surface area contributed by atoms with E-state index in [2.05, 4.69) is 26.2 Å². The Hall–Kier alpha value is -1.56. The molecule has 1 unspecified atom stereocenters. The average molecular weight is 345 g/mol. The predicted octanol–water partition coefficient (Wildman–Crippen LogP) is 5.04. The number of aromatic nitrogens is 1. The van der Waals surface area contributed by atoms with Gasteiger partial charge in [-0.2, -0.15) is 13.2 Å². The zero-order valence-electron chi connectivity index (χ0n) is 10.6. The van der Waals surface area contributed by atoms with Crippen LogP contribution >= 0.6 is 15.9 Å². The summed E-state index contributed by atoms with van der Waals surface area (Å²) < 4.78 is 39.4. The lowest BCUT2D eigenvalue weighted by atomic mass is 10.1. The molecule has 0 bridgehead atoms. The molecule has 0 amide bonds. The van der Waals surface area contributed by atoms with Gasteiger partial charge >= 0.3 is 6.18 Å². The summed E-state index contributed by atoms with van der Waals surface area (Å²) in [5.74, 6) is 0. The Labute approximate surface area is 123 Å². The number of anilines is 1. The summed E-state index contributed by atoms with van der Waals surface area (Å²) in [6.07, 6.45) is -1.18. The molecular formula is C14H12BrF3N2. The highest BCUT2D eigenvalue weighted by molar-refractivity contribution is 9.10. The highest BCUT2D eigenvalue weighted by Gasteiger charge is 2.34. The first-order valence-electron chi connectivity index (χ1n) is 5.91. The number of alkyl halides is 3. The van der Waals surface area contributed by atoms with Crippen molar-refractivity contribution in [1.82, 2.24) is 4.98 Å². The van der Waals surface area contributed by atoms with Gasteiger partial charge < -0.3 is 5.32 Å². The second kappa shape index (κ2) is 5.83. The Morgan fingerprint density at radius 3 is 2.40 bits per heavy atom. The van der Waals surface area contributed by atoms with Gasteiger partial charge in [-0.1, -0.05) is 15.9 Å². The lowest BCUT2D eigenvalue weighted by Gasteiger charge is -2.20. The van der Waals surface area contributed by atoms with Crippen molar-refractivity contribution >= 4 is 21.6 Å². The van der Waals surface area contributed by atoms with Crippen LogP contribution in [0.1, 0.15) is 24.1 Å². The minimum atomic E-state index is -4.40. The fourth-order valence-corrected chi connectivity index (χ4v) is 2.21. The Morgan fingerprint density at radius 1 is 1.15 bits per heavy atom. The van der Waals surface area contributed by atoms with Crippen molar-refractivity contribution in [3.05, 3.63) is 58.3 Å². The first-order chi connectivity index (χ1) is 9.38. The van der Waals surface area contributed by atoms with Crippen molar-refractivity contribution < 1.29 is 13.2 Å². The molecule has 0 radical (unpaired) electrons. The number of rotatable bonds is 3. The number of nitrogens with zero attached hydrogens (tertiary/aromatic N) is 1. The second-order valence-electron chi connectivity index (χ2n) is 4.33. The summed E-state index contributed by atoms with van der Waals surface area (Å²) in [5.41, 5.74) is 0.244. The molecule has 2 nitrogen and oxygen atoms in total. The van der Waals surface area contributed by atoms with Gasteiger partial charge in [-0.15, -0.1) is 0 Å². The third-order valence-corrected chi connectivity index (χ3v) is 3.36. The van der Waals surface area contributed by atoms with Crippen molar-refractivity contribution in [1.29, 1.82) is 0 Å². The largest absolute Gasteiger partial charge is 0.418 e. The third kappa shape index (κ3) is 3.50. The van der Waals surface area contributed by atoms with Gasteiger partial charge in [0.2, 0.25) is 0 Å². The number of nitrogens with one attached hydrogen (secondary N) is 1. The maximum atomic E-state index is 13.0. The lowest BCUT2D eigenvalue weighted by Crippen LogP contribution is -2.13. The zero-order valence-corrected chi connectivity index (χ0v) is 12.2. The van der Waals surface area contributed by atoms with E-state index in [-0.39, 0.29) is 11.7 Å². The quantitative estimate of drug-likeness (QED) is 0.843. The van der Waals surface area contributed by atoms with Gasteiger partial charge in [0.25, 0.3) is 0 Å². The smallest absolute Gasteiger partial charge is 0.378 e. The molecule has 106 valence electrons. The molecule has 0 saturated heterocycles. The number of hydrogen-bond donors (Lipinski definition) is 1. The van der Waals surface area contributed by atoms with E-state index in [1.54, 1.807) is 37.5 Å². The van der Waals surface area contributed by atoms with E-state index in [4.69, 9.17) is 0 Å². The maximum Gasteiger partial charge on any atom is 0.418 e. The molecule has 0 spiro atoms. The third-order valence-electron chi connectivity index (χ3n) is 2.87. The minimum absolute atomic E-state index is 0.0602. The van der Waals surface area contributed by atoms with Crippen LogP contribution in [-0.4, -0.2) is 4.98 Å². The van der Waals surface area contributed by atoms with Crippen LogP contribution < -0.4 is 5.32 Å². The molecule has 2 aromatic rings. The number of pyridine rings is 1. The molecule has 1 heterocycles. The Balaban J connectivity index is 2.30. The van der Waals surface area contributed by atoms with Crippen molar-refractivity contribution in [2.45, 2.75) is 19.1 Å². The van der Waals surface area contributed by atoms with E-state index in [1.807, 2.05) is 0 Å². The number of hydrogen-bond acceptors (Lipinski definition) is 2. The molecule has 0 saturated carbocycles. The average Bonchev–Trinajstić information content (AvgIpc) is 2.40. The van der Waals surface area contributed by atoms with Crippen LogP contribution in [0, 0.1) is 0 Å². The highest BCUT2D eigenvalue weighted by Crippen LogP contribution is 2.37. The first-order valence-corrected chi connectivity index (χ1v) is 6.70. The summed E-state index contributed by atoms with van der Waals surface area (Å²) in [6.45, 7) is 1.80. The fraction of sp³-hybridized carbons (Fsp3) is 0.214. The summed E-state index contributed by atoms with van der Waals surface area (Å²) in [5, 5.41) is 2.89. The van der Waals surface area contributed by atoms with E-state index in [1.165, 1.54) is 6.07 Å². The van der Waals surface area contributed by atoms with Crippen LogP contribution in [0.5, 0.6) is 0 Å². The Morgan fingerprint density at radius 2 is 1.80 bits per heavy atom. The van der Waals surface area contributed by atoms with Crippen LogP contribution in [0.2, 0.25) is 0 Å². The molecule has 0 aliphatic rings. The molecule has 2 rings (SSSR count). The van der Waals surface area contributed by atoms with Crippen LogP contribution in [0.4, 0.5) is 18.9 Å². The van der Waals surface area contributed by atoms with Crippen LogP contribution in [0.25, 0.3) is 0 Å². The molecule has 20 heavy (non-hydrogen) atoms. The van der Waals surface area contributed by atoms with Crippen molar-refractivity contribution in [3.8, 4) is 0 Å². The molecule has 1 atom stereocenters.